The molecule has 2 aromatic rings. The number of hydrogen-bond donors (Lipinski definition) is 1. The van der Waals surface area contributed by atoms with E-state index in [2.05, 4.69) is 4.98 Å². The van der Waals surface area contributed by atoms with Gasteiger partial charge in [0, 0.05) is 13.7 Å². The number of aromatic nitrogens is 1. The minimum atomic E-state index is -0.0110. The van der Waals surface area contributed by atoms with E-state index in [1.54, 1.807) is 18.4 Å². The summed E-state index contributed by atoms with van der Waals surface area (Å²) in [5.74, 6) is 0.887. The van der Waals surface area contributed by atoms with Crippen LogP contribution < -0.4 is 10.5 Å². The molecule has 5 heteroatoms. The van der Waals surface area contributed by atoms with Gasteiger partial charge in [-0.3, -0.25) is 0 Å². The smallest absolute Gasteiger partial charge is 0.120 e. The SMILES string of the molecule is CCOc1ccc2nc(C(N)CCCOC)sc2c1. The Morgan fingerprint density at radius 2 is 2.26 bits per heavy atom. The molecule has 0 fully saturated rings. The number of methoxy groups -OCH3 is 1. The lowest BCUT2D eigenvalue weighted by Gasteiger charge is -2.06. The molecular formula is C14H20N2O2S. The molecule has 1 aromatic carbocycles. The van der Waals surface area contributed by atoms with E-state index in [0.717, 1.165) is 40.4 Å². The highest BCUT2D eigenvalue weighted by molar-refractivity contribution is 7.18. The average molecular weight is 280 g/mol. The van der Waals surface area contributed by atoms with E-state index in [9.17, 15) is 0 Å². The van der Waals surface area contributed by atoms with Gasteiger partial charge in [0.15, 0.2) is 0 Å². The zero-order valence-electron chi connectivity index (χ0n) is 11.4. The summed E-state index contributed by atoms with van der Waals surface area (Å²) in [7, 11) is 1.71. The molecule has 0 radical (unpaired) electrons. The van der Waals surface area contributed by atoms with Crippen molar-refractivity contribution in [2.75, 3.05) is 20.3 Å². The highest BCUT2D eigenvalue weighted by atomic mass is 32.1. The molecule has 0 saturated carbocycles. The maximum atomic E-state index is 6.16. The van der Waals surface area contributed by atoms with Crippen LogP contribution in [0.4, 0.5) is 0 Å². The fourth-order valence-electron chi connectivity index (χ4n) is 1.91. The normalized spacial score (nSPS) is 12.8. The predicted octanol–water partition coefficient (Wildman–Crippen LogP) is 3.12. The zero-order valence-corrected chi connectivity index (χ0v) is 12.2. The van der Waals surface area contributed by atoms with E-state index < -0.39 is 0 Å². The molecule has 0 bridgehead atoms. The van der Waals surface area contributed by atoms with Gasteiger partial charge in [0.1, 0.15) is 10.8 Å². The van der Waals surface area contributed by atoms with Gasteiger partial charge in [-0.1, -0.05) is 0 Å². The Morgan fingerprint density at radius 1 is 1.42 bits per heavy atom. The highest BCUT2D eigenvalue weighted by Crippen LogP contribution is 2.30. The summed E-state index contributed by atoms with van der Waals surface area (Å²) in [5.41, 5.74) is 7.15. The number of hydrogen-bond acceptors (Lipinski definition) is 5. The Labute approximate surface area is 117 Å². The monoisotopic (exact) mass is 280 g/mol. The topological polar surface area (TPSA) is 57.4 Å². The van der Waals surface area contributed by atoms with Crippen molar-refractivity contribution < 1.29 is 9.47 Å². The van der Waals surface area contributed by atoms with Gasteiger partial charge in [0.25, 0.3) is 0 Å². The summed E-state index contributed by atoms with van der Waals surface area (Å²) >= 11 is 1.65. The average Bonchev–Trinajstić information content (AvgIpc) is 2.82. The predicted molar refractivity (Wildman–Crippen MR) is 78.8 cm³/mol. The second-order valence-electron chi connectivity index (χ2n) is 4.36. The molecule has 1 atom stereocenters. The standard InChI is InChI=1S/C14H20N2O2S/c1-3-18-10-6-7-12-13(9-10)19-14(16-12)11(15)5-4-8-17-2/h6-7,9,11H,3-5,8,15H2,1-2H3. The van der Waals surface area contributed by atoms with Gasteiger partial charge in [-0.15, -0.1) is 11.3 Å². The summed E-state index contributed by atoms with van der Waals surface area (Å²) in [6.07, 6.45) is 1.85. The first-order valence-corrected chi connectivity index (χ1v) is 7.34. The number of thiazole rings is 1. The van der Waals surface area contributed by atoms with Crippen molar-refractivity contribution in [3.05, 3.63) is 23.2 Å². The Morgan fingerprint density at radius 3 is 3.00 bits per heavy atom. The molecule has 1 heterocycles. The van der Waals surface area contributed by atoms with Crippen LogP contribution >= 0.6 is 11.3 Å². The minimum Gasteiger partial charge on any atom is -0.494 e. The van der Waals surface area contributed by atoms with Gasteiger partial charge >= 0.3 is 0 Å². The molecule has 104 valence electrons. The number of nitrogens with two attached hydrogens (primary N) is 1. The number of nitrogens with zero attached hydrogens (tertiary/aromatic N) is 1. The fourth-order valence-corrected chi connectivity index (χ4v) is 2.94. The van der Waals surface area contributed by atoms with Crippen molar-refractivity contribution in [3.8, 4) is 5.75 Å². The van der Waals surface area contributed by atoms with Crippen LogP contribution in [0.5, 0.6) is 5.75 Å². The molecular weight excluding hydrogens is 260 g/mol. The number of fused-ring (bicyclic) bond motifs is 1. The van der Waals surface area contributed by atoms with Crippen LogP contribution in [-0.4, -0.2) is 25.3 Å². The molecule has 19 heavy (non-hydrogen) atoms. The van der Waals surface area contributed by atoms with E-state index in [1.807, 2.05) is 25.1 Å². The van der Waals surface area contributed by atoms with Gasteiger partial charge in [0.2, 0.25) is 0 Å². The summed E-state index contributed by atoms with van der Waals surface area (Å²) < 4.78 is 11.7. The second-order valence-corrected chi connectivity index (χ2v) is 5.42. The first-order valence-electron chi connectivity index (χ1n) is 6.52. The third-order valence-electron chi connectivity index (χ3n) is 2.87. The summed E-state index contributed by atoms with van der Waals surface area (Å²) in [4.78, 5) is 4.59. The quantitative estimate of drug-likeness (QED) is 0.792. The van der Waals surface area contributed by atoms with E-state index >= 15 is 0 Å². The lowest BCUT2D eigenvalue weighted by molar-refractivity contribution is 0.190. The lowest BCUT2D eigenvalue weighted by atomic mass is 10.2. The second kappa shape index (κ2) is 6.84. The van der Waals surface area contributed by atoms with Crippen LogP contribution in [0.2, 0.25) is 0 Å². The largest absolute Gasteiger partial charge is 0.494 e. The van der Waals surface area contributed by atoms with E-state index in [4.69, 9.17) is 15.2 Å². The third-order valence-corrected chi connectivity index (χ3v) is 4.02. The molecule has 0 saturated heterocycles. The van der Waals surface area contributed by atoms with Crippen molar-refractivity contribution in [2.45, 2.75) is 25.8 Å². The molecule has 4 nitrogen and oxygen atoms in total. The summed E-state index contributed by atoms with van der Waals surface area (Å²) in [6, 6.07) is 5.96. The molecule has 0 spiro atoms. The molecule has 0 aliphatic rings. The van der Waals surface area contributed by atoms with Gasteiger partial charge in [-0.2, -0.15) is 0 Å². The first-order chi connectivity index (χ1) is 9.24. The number of benzene rings is 1. The fraction of sp³-hybridized carbons (Fsp3) is 0.500. The highest BCUT2D eigenvalue weighted by Gasteiger charge is 2.12. The van der Waals surface area contributed by atoms with Gasteiger partial charge in [-0.05, 0) is 38.0 Å². The van der Waals surface area contributed by atoms with Crippen LogP contribution in [0, 0.1) is 0 Å². The molecule has 0 aliphatic heterocycles. The van der Waals surface area contributed by atoms with Crippen LogP contribution in [0.1, 0.15) is 30.8 Å². The summed E-state index contributed by atoms with van der Waals surface area (Å²) in [5, 5.41) is 0.986. The van der Waals surface area contributed by atoms with Crippen molar-refractivity contribution in [1.29, 1.82) is 0 Å². The van der Waals surface area contributed by atoms with Crippen molar-refractivity contribution in [2.24, 2.45) is 5.73 Å². The van der Waals surface area contributed by atoms with Crippen LogP contribution in [0.25, 0.3) is 10.2 Å². The lowest BCUT2D eigenvalue weighted by Crippen LogP contribution is -2.10. The Bertz CT molecular complexity index is 527. The first kappa shape index (κ1) is 14.2. The van der Waals surface area contributed by atoms with Crippen molar-refractivity contribution >= 4 is 21.6 Å². The van der Waals surface area contributed by atoms with Crippen LogP contribution in [0.15, 0.2) is 18.2 Å². The Hall–Kier alpha value is -1.17. The van der Waals surface area contributed by atoms with Gasteiger partial charge < -0.3 is 15.2 Å². The maximum absolute atomic E-state index is 6.16. The number of ether oxygens (including phenoxy) is 2. The van der Waals surface area contributed by atoms with Crippen molar-refractivity contribution in [1.82, 2.24) is 4.98 Å². The zero-order chi connectivity index (χ0) is 13.7. The maximum Gasteiger partial charge on any atom is 0.120 e. The number of rotatable bonds is 7. The Kier molecular flexibility index (Phi) is 5.13. The van der Waals surface area contributed by atoms with Crippen LogP contribution in [0.3, 0.4) is 0 Å². The van der Waals surface area contributed by atoms with E-state index in [1.165, 1.54) is 0 Å². The minimum absolute atomic E-state index is 0.0110. The Balaban J connectivity index is 2.11. The molecule has 2 N–H and O–H groups in total. The van der Waals surface area contributed by atoms with Crippen molar-refractivity contribution in [3.63, 3.8) is 0 Å². The van der Waals surface area contributed by atoms with E-state index in [-0.39, 0.29) is 6.04 Å². The van der Waals surface area contributed by atoms with E-state index in [0.29, 0.717) is 6.61 Å². The summed E-state index contributed by atoms with van der Waals surface area (Å²) in [6.45, 7) is 3.40. The molecule has 1 aromatic heterocycles. The molecule has 0 amide bonds. The van der Waals surface area contributed by atoms with Gasteiger partial charge in [-0.25, -0.2) is 4.98 Å². The molecule has 1 unspecified atom stereocenters. The van der Waals surface area contributed by atoms with Crippen LogP contribution in [-0.2, 0) is 4.74 Å². The molecule has 2 rings (SSSR count). The third kappa shape index (κ3) is 3.65. The van der Waals surface area contributed by atoms with Gasteiger partial charge in [0.05, 0.1) is 22.9 Å². The molecule has 0 aliphatic carbocycles.